The maximum Gasteiger partial charge on any atom is 0.251 e. The predicted molar refractivity (Wildman–Crippen MR) is 66.0 cm³/mol. The number of ether oxygens (including phenoxy) is 1. The molecule has 0 unspecified atom stereocenters. The molecule has 3 rings (SSSR count). The summed E-state index contributed by atoms with van der Waals surface area (Å²) in [4.78, 5) is 12.0. The van der Waals surface area contributed by atoms with Crippen LogP contribution < -0.4 is 5.32 Å². The summed E-state index contributed by atoms with van der Waals surface area (Å²) < 4.78 is 5.33. The Kier molecular flexibility index (Phi) is 2.84. The van der Waals surface area contributed by atoms with Gasteiger partial charge in [-0.25, -0.2) is 0 Å². The van der Waals surface area contributed by atoms with Gasteiger partial charge in [0.1, 0.15) is 0 Å². The first-order chi connectivity index (χ1) is 8.72. The average molecular weight is 247 g/mol. The summed E-state index contributed by atoms with van der Waals surface area (Å²) in [7, 11) is 0. The maximum absolute atomic E-state index is 12.0. The summed E-state index contributed by atoms with van der Waals surface area (Å²) in [6, 6.07) is 5.69. The van der Waals surface area contributed by atoms with E-state index in [1.54, 1.807) is 0 Å². The number of aliphatic hydroxyl groups excluding tert-OH is 1. The van der Waals surface area contributed by atoms with Gasteiger partial charge >= 0.3 is 0 Å². The van der Waals surface area contributed by atoms with E-state index in [-0.39, 0.29) is 17.9 Å². The van der Waals surface area contributed by atoms with Gasteiger partial charge in [-0.1, -0.05) is 6.07 Å². The van der Waals surface area contributed by atoms with Crippen LogP contribution in [0.3, 0.4) is 0 Å². The van der Waals surface area contributed by atoms with E-state index in [4.69, 9.17) is 4.74 Å². The zero-order valence-electron chi connectivity index (χ0n) is 10.2. The van der Waals surface area contributed by atoms with Crippen LogP contribution in [0.15, 0.2) is 18.2 Å². The average Bonchev–Trinajstić information content (AvgIpc) is 3.04. The van der Waals surface area contributed by atoms with Crippen LogP contribution in [-0.4, -0.2) is 24.2 Å². The maximum atomic E-state index is 12.0. The summed E-state index contributed by atoms with van der Waals surface area (Å²) in [5, 5.41) is 12.1. The molecule has 0 atom stereocenters. The molecule has 1 saturated carbocycles. The summed E-state index contributed by atoms with van der Waals surface area (Å²) in [5.74, 6) is -0.0653. The first kappa shape index (κ1) is 11.7. The van der Waals surface area contributed by atoms with Crippen molar-refractivity contribution in [1.82, 2.24) is 5.32 Å². The molecule has 1 heterocycles. The summed E-state index contributed by atoms with van der Waals surface area (Å²) in [6.07, 6.45) is 2.00. The first-order valence-electron chi connectivity index (χ1n) is 6.31. The monoisotopic (exact) mass is 247 g/mol. The van der Waals surface area contributed by atoms with Crippen molar-refractivity contribution in [3.8, 4) is 0 Å². The Morgan fingerprint density at radius 3 is 2.83 bits per heavy atom. The lowest BCUT2D eigenvalue weighted by atomic mass is 10.1. The van der Waals surface area contributed by atoms with Crippen LogP contribution in [0.2, 0.25) is 0 Å². The smallest absolute Gasteiger partial charge is 0.251 e. The number of hydrogen-bond acceptors (Lipinski definition) is 3. The second kappa shape index (κ2) is 4.37. The van der Waals surface area contributed by atoms with Crippen LogP contribution in [0.25, 0.3) is 0 Å². The van der Waals surface area contributed by atoms with Gasteiger partial charge in [0.15, 0.2) is 0 Å². The number of carbonyl (C=O) groups excluding carboxylic acids is 1. The van der Waals surface area contributed by atoms with E-state index in [1.165, 1.54) is 5.56 Å². The van der Waals surface area contributed by atoms with Crippen LogP contribution >= 0.6 is 0 Å². The Morgan fingerprint density at radius 1 is 1.33 bits per heavy atom. The highest BCUT2D eigenvalue weighted by Gasteiger charge is 2.42. The Bertz CT molecular complexity index is 480. The Labute approximate surface area is 106 Å². The minimum atomic E-state index is -0.0653. The van der Waals surface area contributed by atoms with E-state index < -0.39 is 0 Å². The molecule has 0 bridgehead atoms. The van der Waals surface area contributed by atoms with Gasteiger partial charge in [-0.3, -0.25) is 4.79 Å². The molecule has 1 aromatic rings. The highest BCUT2D eigenvalue weighted by atomic mass is 16.5. The topological polar surface area (TPSA) is 58.6 Å². The molecule has 4 nitrogen and oxygen atoms in total. The summed E-state index contributed by atoms with van der Waals surface area (Å²) in [5.41, 5.74) is 2.90. The van der Waals surface area contributed by atoms with Gasteiger partial charge in [0.2, 0.25) is 0 Å². The lowest BCUT2D eigenvalue weighted by Gasteiger charge is -2.13. The molecular weight excluding hydrogens is 230 g/mol. The molecule has 1 aliphatic carbocycles. The lowest BCUT2D eigenvalue weighted by Crippen LogP contribution is -2.31. The quantitative estimate of drug-likeness (QED) is 0.841. The fourth-order valence-electron chi connectivity index (χ4n) is 2.25. The predicted octanol–water partition coefficient (Wildman–Crippen LogP) is 1.22. The minimum absolute atomic E-state index is 0.0461. The number of hydrogen-bond donors (Lipinski definition) is 2. The van der Waals surface area contributed by atoms with E-state index in [2.05, 4.69) is 5.32 Å². The highest BCUT2D eigenvalue weighted by Crippen LogP contribution is 2.44. The number of amides is 1. The lowest BCUT2D eigenvalue weighted by molar-refractivity contribution is 0.0935. The van der Waals surface area contributed by atoms with Crippen molar-refractivity contribution in [2.45, 2.75) is 26.1 Å². The standard InChI is InChI=1S/C14H17NO3/c16-9-14(3-4-14)8-15-13(17)10-1-2-11-6-18-7-12(11)5-10/h1-2,5,16H,3-4,6-9H2,(H,15,17). The molecule has 2 N–H and O–H groups in total. The van der Waals surface area contributed by atoms with Crippen molar-refractivity contribution in [2.24, 2.45) is 5.41 Å². The third-order valence-corrected chi connectivity index (χ3v) is 3.90. The van der Waals surface area contributed by atoms with Crippen LogP contribution in [0.4, 0.5) is 0 Å². The number of carbonyl (C=O) groups is 1. The van der Waals surface area contributed by atoms with Crippen molar-refractivity contribution < 1.29 is 14.6 Å². The molecular formula is C14H17NO3. The Balaban J connectivity index is 1.65. The van der Waals surface area contributed by atoms with E-state index in [9.17, 15) is 9.90 Å². The molecule has 1 aliphatic heterocycles. The second-order valence-corrected chi connectivity index (χ2v) is 5.32. The SMILES string of the molecule is O=C(NCC1(CO)CC1)c1ccc2c(c1)COC2. The molecule has 1 fully saturated rings. The van der Waals surface area contributed by atoms with Gasteiger partial charge in [0, 0.05) is 17.5 Å². The van der Waals surface area contributed by atoms with E-state index in [0.717, 1.165) is 18.4 Å². The minimum Gasteiger partial charge on any atom is -0.396 e. The number of nitrogens with one attached hydrogen (secondary N) is 1. The van der Waals surface area contributed by atoms with Crippen molar-refractivity contribution >= 4 is 5.91 Å². The van der Waals surface area contributed by atoms with E-state index in [1.807, 2.05) is 18.2 Å². The largest absolute Gasteiger partial charge is 0.396 e. The zero-order chi connectivity index (χ0) is 12.6. The molecule has 4 heteroatoms. The van der Waals surface area contributed by atoms with Crippen LogP contribution in [0, 0.1) is 5.41 Å². The molecule has 18 heavy (non-hydrogen) atoms. The van der Waals surface area contributed by atoms with Crippen molar-refractivity contribution in [3.05, 3.63) is 34.9 Å². The molecule has 0 saturated heterocycles. The fourth-order valence-corrected chi connectivity index (χ4v) is 2.25. The normalized spacial score (nSPS) is 19.4. The zero-order valence-corrected chi connectivity index (χ0v) is 10.2. The fraction of sp³-hybridized carbons (Fsp3) is 0.500. The van der Waals surface area contributed by atoms with Gasteiger partial charge in [-0.15, -0.1) is 0 Å². The molecule has 0 spiro atoms. The van der Waals surface area contributed by atoms with Gasteiger partial charge in [-0.05, 0) is 36.1 Å². The third-order valence-electron chi connectivity index (χ3n) is 3.90. The van der Waals surface area contributed by atoms with Gasteiger partial charge in [0.05, 0.1) is 19.8 Å². The molecule has 0 aromatic heterocycles. The molecule has 1 amide bonds. The number of rotatable bonds is 4. The van der Waals surface area contributed by atoms with E-state index in [0.29, 0.717) is 25.3 Å². The molecule has 2 aliphatic rings. The van der Waals surface area contributed by atoms with Crippen molar-refractivity contribution in [2.75, 3.05) is 13.2 Å². The summed E-state index contributed by atoms with van der Waals surface area (Å²) >= 11 is 0. The summed E-state index contributed by atoms with van der Waals surface area (Å²) in [6.45, 7) is 1.96. The van der Waals surface area contributed by atoms with Crippen molar-refractivity contribution in [1.29, 1.82) is 0 Å². The molecule has 0 radical (unpaired) electrons. The van der Waals surface area contributed by atoms with Crippen LogP contribution in [0.5, 0.6) is 0 Å². The molecule has 96 valence electrons. The molecule has 1 aromatic carbocycles. The Hall–Kier alpha value is -1.39. The second-order valence-electron chi connectivity index (χ2n) is 5.32. The number of fused-ring (bicyclic) bond motifs is 1. The number of aliphatic hydroxyl groups is 1. The van der Waals surface area contributed by atoms with Crippen molar-refractivity contribution in [3.63, 3.8) is 0 Å². The first-order valence-corrected chi connectivity index (χ1v) is 6.31. The van der Waals surface area contributed by atoms with E-state index >= 15 is 0 Å². The van der Waals surface area contributed by atoms with Crippen LogP contribution in [-0.2, 0) is 18.0 Å². The highest BCUT2D eigenvalue weighted by molar-refractivity contribution is 5.94. The number of benzene rings is 1. The van der Waals surface area contributed by atoms with Crippen LogP contribution in [0.1, 0.15) is 34.3 Å². The van der Waals surface area contributed by atoms with Gasteiger partial charge < -0.3 is 15.2 Å². The van der Waals surface area contributed by atoms with Gasteiger partial charge in [-0.2, -0.15) is 0 Å². The third kappa shape index (κ3) is 2.13. The van der Waals surface area contributed by atoms with Gasteiger partial charge in [0.25, 0.3) is 5.91 Å². The Morgan fingerprint density at radius 2 is 2.11 bits per heavy atom.